The third-order valence-electron chi connectivity index (χ3n) is 4.71. The van der Waals surface area contributed by atoms with Gasteiger partial charge in [-0.3, -0.25) is 4.79 Å². The van der Waals surface area contributed by atoms with Crippen molar-refractivity contribution in [1.82, 2.24) is 0 Å². The lowest BCUT2D eigenvalue weighted by Crippen LogP contribution is -2.11. The summed E-state index contributed by atoms with van der Waals surface area (Å²) in [4.78, 5) is 11.1. The zero-order valence-electron chi connectivity index (χ0n) is 14.8. The van der Waals surface area contributed by atoms with E-state index in [2.05, 4.69) is 11.7 Å². The van der Waals surface area contributed by atoms with Crippen LogP contribution >= 0.6 is 0 Å². The van der Waals surface area contributed by atoms with Crippen molar-refractivity contribution in [3.63, 3.8) is 0 Å². The van der Waals surface area contributed by atoms with Crippen molar-refractivity contribution in [2.24, 2.45) is 0 Å². The minimum Gasteiger partial charge on any atom is -0.469 e. The molecule has 1 aliphatic heterocycles. The van der Waals surface area contributed by atoms with Gasteiger partial charge in [-0.05, 0) is 32.1 Å². The summed E-state index contributed by atoms with van der Waals surface area (Å²) in [5.74, 6) is -0.103. The Morgan fingerprint density at radius 3 is 2.05 bits per heavy atom. The lowest BCUT2D eigenvalue weighted by atomic mass is 10.0. The van der Waals surface area contributed by atoms with Gasteiger partial charge in [-0.15, -0.1) is 0 Å². The summed E-state index contributed by atoms with van der Waals surface area (Å²) in [5, 5.41) is 0. The Balaban J connectivity index is 1.90. The van der Waals surface area contributed by atoms with Crippen LogP contribution in [-0.4, -0.2) is 25.3 Å². The van der Waals surface area contributed by atoms with E-state index in [-0.39, 0.29) is 5.97 Å². The average molecular weight is 312 g/mol. The number of methoxy groups -OCH3 is 1. The minimum absolute atomic E-state index is 0.103. The second-order valence-corrected chi connectivity index (χ2v) is 6.69. The second-order valence-electron chi connectivity index (χ2n) is 6.69. The lowest BCUT2D eigenvalue weighted by molar-refractivity contribution is -0.140. The fraction of sp³-hybridized carbons (Fsp3) is 0.947. The van der Waals surface area contributed by atoms with Crippen molar-refractivity contribution < 1.29 is 14.3 Å². The van der Waals surface area contributed by atoms with Gasteiger partial charge in [0.25, 0.3) is 0 Å². The number of hydrogen-bond acceptors (Lipinski definition) is 3. The van der Waals surface area contributed by atoms with Gasteiger partial charge < -0.3 is 9.47 Å². The normalized spacial score (nSPS) is 21.2. The average Bonchev–Trinajstić information content (AvgIpc) is 2.97. The molecule has 0 N–H and O–H groups in total. The molecule has 1 rings (SSSR count). The Morgan fingerprint density at radius 1 is 0.909 bits per heavy atom. The largest absolute Gasteiger partial charge is 0.469 e. The molecular formula is C19H36O3. The molecule has 0 amide bonds. The van der Waals surface area contributed by atoms with Crippen LogP contribution in [0, 0.1) is 0 Å². The molecule has 22 heavy (non-hydrogen) atoms. The summed E-state index contributed by atoms with van der Waals surface area (Å²) in [7, 11) is 1.45. The van der Waals surface area contributed by atoms with E-state index < -0.39 is 0 Å². The molecule has 0 aromatic heterocycles. The lowest BCUT2D eigenvalue weighted by Gasteiger charge is -2.13. The molecule has 1 heterocycles. The molecule has 1 fully saturated rings. The highest BCUT2D eigenvalue weighted by Crippen LogP contribution is 2.27. The number of unbranched alkanes of at least 4 members (excludes halogenated alkanes) is 7. The number of carbonyl (C=O) groups excluding carboxylic acids is 1. The molecule has 0 spiro atoms. The van der Waals surface area contributed by atoms with Gasteiger partial charge in [0.2, 0.25) is 0 Å². The van der Waals surface area contributed by atoms with Crippen molar-refractivity contribution in [2.75, 3.05) is 7.11 Å². The summed E-state index contributed by atoms with van der Waals surface area (Å²) in [6.07, 6.45) is 17.9. The van der Waals surface area contributed by atoms with Crippen LogP contribution in [0.4, 0.5) is 0 Å². The van der Waals surface area contributed by atoms with Crippen LogP contribution in [0.25, 0.3) is 0 Å². The number of carbonyl (C=O) groups is 1. The molecule has 130 valence electrons. The molecule has 0 saturated carbocycles. The molecule has 3 heteroatoms. The Hall–Kier alpha value is -0.570. The molecule has 0 aliphatic carbocycles. The van der Waals surface area contributed by atoms with Gasteiger partial charge in [-0.1, -0.05) is 58.3 Å². The Labute approximate surface area is 137 Å². The van der Waals surface area contributed by atoms with Crippen molar-refractivity contribution in [2.45, 2.75) is 109 Å². The third kappa shape index (κ3) is 9.45. The van der Waals surface area contributed by atoms with Gasteiger partial charge in [0.05, 0.1) is 19.3 Å². The fourth-order valence-corrected chi connectivity index (χ4v) is 3.29. The highest BCUT2D eigenvalue weighted by atomic mass is 16.5. The quantitative estimate of drug-likeness (QED) is 0.337. The van der Waals surface area contributed by atoms with Crippen molar-refractivity contribution in [3.8, 4) is 0 Å². The Kier molecular flexibility index (Phi) is 11.4. The molecular weight excluding hydrogens is 276 g/mol. The van der Waals surface area contributed by atoms with Crippen LogP contribution in [0.2, 0.25) is 0 Å². The van der Waals surface area contributed by atoms with Gasteiger partial charge in [0.15, 0.2) is 0 Å². The van der Waals surface area contributed by atoms with Gasteiger partial charge >= 0.3 is 5.97 Å². The summed E-state index contributed by atoms with van der Waals surface area (Å²) < 4.78 is 10.7. The van der Waals surface area contributed by atoms with E-state index in [1.165, 1.54) is 77.7 Å². The predicted molar refractivity (Wildman–Crippen MR) is 91.0 cm³/mol. The molecule has 0 unspecified atom stereocenters. The van der Waals surface area contributed by atoms with Crippen molar-refractivity contribution >= 4 is 5.97 Å². The first-order chi connectivity index (χ1) is 10.8. The molecule has 2 atom stereocenters. The molecule has 3 nitrogen and oxygen atoms in total. The highest BCUT2D eigenvalue weighted by molar-refractivity contribution is 5.68. The standard InChI is InChI=1S/C19H36O3/c1-3-4-5-6-7-8-9-10-12-17-15-16-18(22-17)13-11-14-19(20)21-2/h17-18H,3-16H2,1-2H3/t17-,18+/m1/s1. The molecule has 1 aliphatic rings. The maximum atomic E-state index is 11.1. The zero-order chi connectivity index (χ0) is 16.0. The van der Waals surface area contributed by atoms with E-state index in [0.717, 1.165) is 12.8 Å². The van der Waals surface area contributed by atoms with Crippen LogP contribution in [0.3, 0.4) is 0 Å². The number of hydrogen-bond donors (Lipinski definition) is 0. The minimum atomic E-state index is -0.103. The van der Waals surface area contributed by atoms with E-state index in [1.54, 1.807) is 0 Å². The zero-order valence-corrected chi connectivity index (χ0v) is 14.8. The summed E-state index contributed by atoms with van der Waals surface area (Å²) in [6, 6.07) is 0. The van der Waals surface area contributed by atoms with Gasteiger partial charge in [-0.2, -0.15) is 0 Å². The van der Waals surface area contributed by atoms with E-state index in [4.69, 9.17) is 4.74 Å². The van der Waals surface area contributed by atoms with Crippen LogP contribution in [-0.2, 0) is 14.3 Å². The first-order valence-electron chi connectivity index (χ1n) is 9.48. The predicted octanol–water partition coefficient (Wildman–Crippen LogP) is 5.41. The topological polar surface area (TPSA) is 35.5 Å². The summed E-state index contributed by atoms with van der Waals surface area (Å²) in [5.41, 5.74) is 0. The molecule has 0 radical (unpaired) electrons. The van der Waals surface area contributed by atoms with Gasteiger partial charge in [0.1, 0.15) is 0 Å². The highest BCUT2D eigenvalue weighted by Gasteiger charge is 2.24. The monoisotopic (exact) mass is 312 g/mol. The Morgan fingerprint density at radius 2 is 1.45 bits per heavy atom. The van der Waals surface area contributed by atoms with E-state index >= 15 is 0 Å². The molecule has 0 aromatic rings. The van der Waals surface area contributed by atoms with Crippen LogP contribution in [0.1, 0.15) is 96.8 Å². The number of rotatable bonds is 13. The molecule has 0 bridgehead atoms. The fourth-order valence-electron chi connectivity index (χ4n) is 3.29. The van der Waals surface area contributed by atoms with Crippen molar-refractivity contribution in [1.29, 1.82) is 0 Å². The first kappa shape index (κ1) is 19.5. The van der Waals surface area contributed by atoms with Crippen LogP contribution in [0.5, 0.6) is 0 Å². The summed E-state index contributed by atoms with van der Waals surface area (Å²) in [6.45, 7) is 2.27. The third-order valence-corrected chi connectivity index (χ3v) is 4.71. The van der Waals surface area contributed by atoms with Crippen LogP contribution in [0.15, 0.2) is 0 Å². The molecule has 1 saturated heterocycles. The first-order valence-corrected chi connectivity index (χ1v) is 9.48. The SMILES string of the molecule is CCCCCCCCCC[C@@H]1CC[C@H](CCCC(=O)OC)O1. The number of ether oxygens (including phenoxy) is 2. The Bertz CT molecular complexity index is 278. The van der Waals surface area contributed by atoms with Gasteiger partial charge in [-0.25, -0.2) is 0 Å². The van der Waals surface area contributed by atoms with Gasteiger partial charge in [0, 0.05) is 6.42 Å². The number of esters is 1. The summed E-state index contributed by atoms with van der Waals surface area (Å²) >= 11 is 0. The molecule has 0 aromatic carbocycles. The second kappa shape index (κ2) is 12.9. The van der Waals surface area contributed by atoms with Crippen LogP contribution < -0.4 is 0 Å². The smallest absolute Gasteiger partial charge is 0.305 e. The maximum Gasteiger partial charge on any atom is 0.305 e. The van der Waals surface area contributed by atoms with E-state index in [9.17, 15) is 4.79 Å². The maximum absolute atomic E-state index is 11.1. The van der Waals surface area contributed by atoms with E-state index in [1.807, 2.05) is 0 Å². The van der Waals surface area contributed by atoms with E-state index in [0.29, 0.717) is 18.6 Å². The van der Waals surface area contributed by atoms with Crippen molar-refractivity contribution in [3.05, 3.63) is 0 Å².